The number of nitrogens with zero attached hydrogens (tertiary/aromatic N) is 1. The first-order chi connectivity index (χ1) is 12.8. The van der Waals surface area contributed by atoms with E-state index in [0.29, 0.717) is 11.5 Å². The predicted molar refractivity (Wildman–Crippen MR) is 91.5 cm³/mol. The Morgan fingerprint density at radius 1 is 1.11 bits per heavy atom. The lowest BCUT2D eigenvalue weighted by Crippen LogP contribution is -2.21. The van der Waals surface area contributed by atoms with Crippen molar-refractivity contribution < 1.29 is 33.1 Å². The van der Waals surface area contributed by atoms with Crippen LogP contribution in [0.1, 0.15) is 10.4 Å². The van der Waals surface area contributed by atoms with Gasteiger partial charge in [0.2, 0.25) is 0 Å². The Kier molecular flexibility index (Phi) is 6.26. The van der Waals surface area contributed by atoms with Gasteiger partial charge in [0, 0.05) is 18.2 Å². The molecule has 0 bridgehead atoms. The summed E-state index contributed by atoms with van der Waals surface area (Å²) < 4.78 is 28.6. The van der Waals surface area contributed by atoms with Crippen molar-refractivity contribution in [3.8, 4) is 11.5 Å². The molecule has 1 amide bonds. The van der Waals surface area contributed by atoms with E-state index in [1.54, 1.807) is 6.07 Å². The van der Waals surface area contributed by atoms with Crippen LogP contribution in [0.3, 0.4) is 0 Å². The van der Waals surface area contributed by atoms with Crippen LogP contribution < -0.4 is 14.8 Å². The average molecular weight is 378 g/mol. The Bertz CT molecular complexity index is 863. The van der Waals surface area contributed by atoms with Gasteiger partial charge in [0.25, 0.3) is 11.6 Å². The summed E-state index contributed by atoms with van der Waals surface area (Å²) >= 11 is 0. The highest BCUT2D eigenvalue weighted by Gasteiger charge is 2.16. The van der Waals surface area contributed by atoms with Gasteiger partial charge in [-0.25, -0.2) is 9.18 Å². The number of hydrogen-bond acceptors (Lipinski definition) is 7. The number of non-ortho nitro benzene ring substituents is 1. The number of rotatable bonds is 7. The number of benzene rings is 2. The van der Waals surface area contributed by atoms with Gasteiger partial charge in [-0.2, -0.15) is 0 Å². The van der Waals surface area contributed by atoms with Gasteiger partial charge in [0.15, 0.2) is 6.61 Å². The molecule has 0 aromatic heterocycles. The van der Waals surface area contributed by atoms with Crippen LogP contribution in [0.2, 0.25) is 0 Å². The summed E-state index contributed by atoms with van der Waals surface area (Å²) in [6.45, 7) is -0.722. The van der Waals surface area contributed by atoms with E-state index in [2.05, 4.69) is 5.32 Å². The van der Waals surface area contributed by atoms with E-state index in [1.807, 2.05) is 0 Å². The molecule has 0 atom stereocenters. The predicted octanol–water partition coefficient (Wildman–Crippen LogP) is 2.55. The van der Waals surface area contributed by atoms with Gasteiger partial charge in [-0.15, -0.1) is 0 Å². The zero-order chi connectivity index (χ0) is 20.0. The number of methoxy groups -OCH3 is 2. The maximum atomic E-state index is 13.7. The van der Waals surface area contributed by atoms with E-state index >= 15 is 0 Å². The largest absolute Gasteiger partial charge is 0.497 e. The molecule has 9 nitrogen and oxygen atoms in total. The Balaban J connectivity index is 2.02. The van der Waals surface area contributed by atoms with Gasteiger partial charge in [-0.3, -0.25) is 14.9 Å². The molecule has 0 spiro atoms. The average Bonchev–Trinajstić information content (AvgIpc) is 2.67. The van der Waals surface area contributed by atoms with Gasteiger partial charge >= 0.3 is 5.97 Å². The normalized spacial score (nSPS) is 10.0. The number of amides is 1. The van der Waals surface area contributed by atoms with Gasteiger partial charge in [0.05, 0.1) is 30.4 Å². The van der Waals surface area contributed by atoms with Crippen LogP contribution in [0.5, 0.6) is 11.5 Å². The highest BCUT2D eigenvalue weighted by atomic mass is 19.1. The van der Waals surface area contributed by atoms with E-state index in [-0.39, 0.29) is 5.56 Å². The Morgan fingerprint density at radius 3 is 2.30 bits per heavy atom. The van der Waals surface area contributed by atoms with Crippen LogP contribution in [0, 0.1) is 15.9 Å². The molecule has 142 valence electrons. The van der Waals surface area contributed by atoms with Crippen molar-refractivity contribution >= 4 is 23.3 Å². The topological polar surface area (TPSA) is 117 Å². The van der Waals surface area contributed by atoms with Crippen LogP contribution in [-0.2, 0) is 9.53 Å². The molecule has 10 heteroatoms. The van der Waals surface area contributed by atoms with Crippen molar-refractivity contribution in [1.82, 2.24) is 0 Å². The Hall–Kier alpha value is -3.69. The fourth-order valence-corrected chi connectivity index (χ4v) is 2.05. The maximum Gasteiger partial charge on any atom is 0.338 e. The van der Waals surface area contributed by atoms with Crippen molar-refractivity contribution in [2.24, 2.45) is 0 Å². The van der Waals surface area contributed by atoms with Crippen molar-refractivity contribution in [1.29, 1.82) is 0 Å². The molecule has 0 radical (unpaired) electrons. The zero-order valence-corrected chi connectivity index (χ0v) is 14.4. The fraction of sp³-hybridized carbons (Fsp3) is 0.176. The van der Waals surface area contributed by atoms with E-state index in [1.165, 1.54) is 26.4 Å². The van der Waals surface area contributed by atoms with Gasteiger partial charge in [-0.05, 0) is 18.2 Å². The lowest BCUT2D eigenvalue weighted by atomic mass is 10.2. The molecule has 2 aromatic rings. The molecular formula is C17H15FN2O7. The number of hydrogen-bond donors (Lipinski definition) is 1. The molecule has 2 aromatic carbocycles. The standard InChI is InChI=1S/C17H15FN2O7/c1-25-12-5-10(6-13(8-12)26-2)17(22)27-9-16(21)19-15-7-11(20(23)24)3-4-14(15)18/h3-8H,9H2,1-2H3,(H,19,21). The first-order valence-electron chi connectivity index (χ1n) is 7.48. The van der Waals surface area contributed by atoms with Gasteiger partial charge in [0.1, 0.15) is 17.3 Å². The van der Waals surface area contributed by atoms with E-state index < -0.39 is 40.6 Å². The van der Waals surface area contributed by atoms with Crippen LogP contribution in [-0.4, -0.2) is 37.6 Å². The molecule has 0 aliphatic rings. The molecule has 0 unspecified atom stereocenters. The minimum atomic E-state index is -0.863. The third-order valence-electron chi connectivity index (χ3n) is 3.36. The van der Waals surface area contributed by atoms with Crippen LogP contribution in [0.4, 0.5) is 15.8 Å². The van der Waals surface area contributed by atoms with E-state index in [9.17, 15) is 24.1 Å². The van der Waals surface area contributed by atoms with Crippen molar-refractivity contribution in [3.05, 3.63) is 57.9 Å². The molecule has 1 N–H and O–H groups in total. The monoisotopic (exact) mass is 378 g/mol. The second-order valence-corrected chi connectivity index (χ2v) is 5.15. The lowest BCUT2D eigenvalue weighted by Gasteiger charge is -2.09. The molecule has 0 saturated heterocycles. The van der Waals surface area contributed by atoms with Crippen LogP contribution in [0.15, 0.2) is 36.4 Å². The second-order valence-electron chi connectivity index (χ2n) is 5.15. The highest BCUT2D eigenvalue weighted by Crippen LogP contribution is 2.23. The summed E-state index contributed by atoms with van der Waals surface area (Å²) in [7, 11) is 2.82. The first kappa shape index (κ1) is 19.6. The molecule has 0 aliphatic heterocycles. The third-order valence-corrected chi connectivity index (χ3v) is 3.36. The van der Waals surface area contributed by atoms with E-state index in [0.717, 1.165) is 18.2 Å². The summed E-state index contributed by atoms with van der Waals surface area (Å²) in [5.41, 5.74) is -0.707. The number of esters is 1. The van der Waals surface area contributed by atoms with Gasteiger partial charge in [-0.1, -0.05) is 0 Å². The number of nitrogens with one attached hydrogen (secondary N) is 1. The number of ether oxygens (including phenoxy) is 3. The summed E-state index contributed by atoms with van der Waals surface area (Å²) in [5.74, 6) is -1.86. The molecule has 27 heavy (non-hydrogen) atoms. The van der Waals surface area contributed by atoms with Crippen LogP contribution >= 0.6 is 0 Å². The minimum absolute atomic E-state index is 0.0838. The lowest BCUT2D eigenvalue weighted by molar-refractivity contribution is -0.384. The van der Waals surface area contributed by atoms with Crippen molar-refractivity contribution in [2.45, 2.75) is 0 Å². The molecule has 2 rings (SSSR count). The SMILES string of the molecule is COc1cc(OC)cc(C(=O)OCC(=O)Nc2cc([N+](=O)[O-])ccc2F)c1. The smallest absolute Gasteiger partial charge is 0.338 e. The number of anilines is 1. The van der Waals surface area contributed by atoms with Gasteiger partial charge < -0.3 is 19.5 Å². The summed E-state index contributed by atoms with van der Waals surface area (Å²) in [5, 5.41) is 12.8. The quantitative estimate of drug-likeness (QED) is 0.447. The molecular weight excluding hydrogens is 363 g/mol. The first-order valence-corrected chi connectivity index (χ1v) is 7.48. The number of nitro benzene ring substituents is 1. The second kappa shape index (κ2) is 8.61. The molecule has 0 heterocycles. The Labute approximate surface area is 152 Å². The fourth-order valence-electron chi connectivity index (χ4n) is 2.05. The highest BCUT2D eigenvalue weighted by molar-refractivity contribution is 5.96. The maximum absolute atomic E-state index is 13.7. The number of nitro groups is 1. The zero-order valence-electron chi connectivity index (χ0n) is 14.4. The molecule has 0 saturated carbocycles. The summed E-state index contributed by atoms with van der Waals surface area (Å²) in [4.78, 5) is 33.9. The molecule has 0 aliphatic carbocycles. The minimum Gasteiger partial charge on any atom is -0.497 e. The van der Waals surface area contributed by atoms with Crippen molar-refractivity contribution in [2.75, 3.05) is 26.1 Å². The van der Waals surface area contributed by atoms with Crippen LogP contribution in [0.25, 0.3) is 0 Å². The Morgan fingerprint density at radius 2 is 1.74 bits per heavy atom. The third kappa shape index (κ3) is 5.14. The van der Waals surface area contributed by atoms with E-state index in [4.69, 9.17) is 14.2 Å². The summed E-state index contributed by atoms with van der Waals surface area (Å²) in [6, 6.07) is 7.01. The molecule has 0 fully saturated rings. The number of carbonyl (C=O) groups excluding carboxylic acids is 2. The number of carbonyl (C=O) groups is 2. The van der Waals surface area contributed by atoms with Crippen molar-refractivity contribution in [3.63, 3.8) is 0 Å². The number of halogens is 1. The summed E-state index contributed by atoms with van der Waals surface area (Å²) in [6.07, 6.45) is 0.